The van der Waals surface area contributed by atoms with Crippen LogP contribution in [0.4, 0.5) is 0 Å². The minimum Gasteiger partial charge on any atom is -0.293 e. The van der Waals surface area contributed by atoms with E-state index >= 15 is 0 Å². The largest absolute Gasteiger partial charge is 0.293 e. The molecule has 2 unspecified atom stereocenters. The molecule has 18 heteroatoms. The van der Waals surface area contributed by atoms with Crippen molar-refractivity contribution in [1.29, 1.82) is 0 Å². The van der Waals surface area contributed by atoms with Crippen LogP contribution in [0.25, 0.3) is 112 Å². The van der Waals surface area contributed by atoms with Crippen LogP contribution in [0.3, 0.4) is 0 Å². The van der Waals surface area contributed by atoms with Gasteiger partial charge < -0.3 is 0 Å². The molecule has 12 heterocycles. The number of carbonyl (C=O) groups excluding carboxylic acids is 2. The summed E-state index contributed by atoms with van der Waals surface area (Å²) in [4.78, 5) is 57.5. The SMILES string of the molecule is CCCCCCCCc1cc(/C=C2\SC(=S)N(CC)C2=O)sc1-c1ccc(-c2sc(-c3cc4c(-c5ccc(CC(CCCCCC)CCCCCCCC)s5)c5sc(-c6cc(CCCCCCCC)c(-c7ccc(-c8sc(/C=C9\SC(=S)N(CC)C9=O)cc8CCCCCCCC)s7)s6)cc5c(-c5ccc(CC(CCCCCC)CCCCCCCC)s5)c4s3)cc2CCCCCCCC)s1. The van der Waals surface area contributed by atoms with E-state index in [1.165, 1.54) is 466 Å². The number of likely N-dealkylation sites (N-methyl/N-ethyl adjacent to an activating group) is 2. The van der Waals surface area contributed by atoms with Gasteiger partial charge in [-0.05, 0) is 209 Å². The van der Waals surface area contributed by atoms with Gasteiger partial charge in [-0.2, -0.15) is 0 Å². The fraction of sp³-hybridized carbons (Fsp3) is 0.576. The second kappa shape index (κ2) is 58.9. The summed E-state index contributed by atoms with van der Waals surface area (Å²) in [6, 6.07) is 35.8. The molecular weight excluding hydrogens is 1930 g/mol. The standard InChI is InChI=1S/C118H160N2O2S14/c1-11-21-29-37-43-51-59-83(57-49-35-27-17-7)73-89-65-67-95(125-89)107-93-81-103(101-77-87(63-55-47-41-33-25-15-5)111(131-101)99-71-69-97(129-99)109-85(61-53-45-39-31-23-13-3)75-91(127-109)79-105-115(121)119(19-9)117(123)135-105)134-114(93)108(96-68-66-90(126-96)74-84(58-50-36-28-18-8)60-52-44-38-30-22-12-2)94-82-104(133-113(94)107)102-78-88(64-56-48-42-34-26-16-6)112(132-102)100-72-70-98(130-100)110-86(62-54-46-40-32-24-14-4)76-92(128-110)80-106-116(122)120(20-10)118(124)136-106/h65-72,75-84H,11-64,73-74H2,1-10H3/b105-79-,106-80-. The molecule has 2 aliphatic heterocycles. The van der Waals surface area contributed by atoms with Crippen LogP contribution in [-0.2, 0) is 48.1 Å². The number of carbonyl (C=O) groups is 2. The molecule has 2 saturated heterocycles. The van der Waals surface area contributed by atoms with E-state index in [1.54, 1.807) is 19.6 Å². The number of rotatable bonds is 68. The summed E-state index contributed by atoms with van der Waals surface area (Å²) >= 11 is 34.8. The number of nitrogens with zero attached hydrogens (tertiary/aromatic N) is 2. The first-order valence-corrected chi connectivity index (χ1v) is 64.8. The summed E-state index contributed by atoms with van der Waals surface area (Å²) in [6.45, 7) is 24.0. The van der Waals surface area contributed by atoms with Crippen molar-refractivity contribution in [3.8, 4) is 79.4 Å². The van der Waals surface area contributed by atoms with Gasteiger partial charge in [-0.15, -0.1) is 113 Å². The van der Waals surface area contributed by atoms with Crippen LogP contribution in [0.5, 0.6) is 0 Å². The first-order chi connectivity index (χ1) is 66.7. The maximum absolute atomic E-state index is 13.8. The van der Waals surface area contributed by atoms with E-state index in [1.807, 2.05) is 59.2 Å². The lowest BCUT2D eigenvalue weighted by molar-refractivity contribution is -0.122. The lowest BCUT2D eigenvalue weighted by Crippen LogP contribution is -2.27. The van der Waals surface area contributed by atoms with E-state index < -0.39 is 0 Å². The number of thiocarbonyl (C=S) groups is 2. The molecule has 2 amide bonds. The molecule has 2 atom stereocenters. The van der Waals surface area contributed by atoms with Crippen LogP contribution in [-0.4, -0.2) is 43.3 Å². The van der Waals surface area contributed by atoms with Crippen molar-refractivity contribution in [2.45, 2.75) is 416 Å². The molecule has 10 aromatic heterocycles. The van der Waals surface area contributed by atoms with Crippen molar-refractivity contribution in [2.75, 3.05) is 13.1 Å². The monoisotopic (exact) mass is 2080 g/mol. The van der Waals surface area contributed by atoms with Gasteiger partial charge in [-0.1, -0.05) is 386 Å². The molecule has 0 aliphatic carbocycles. The Hall–Kier alpha value is -3.96. The average Bonchev–Trinajstić information content (AvgIpc) is 1.55. The van der Waals surface area contributed by atoms with Crippen molar-refractivity contribution < 1.29 is 9.59 Å². The molecule has 2 aliphatic rings. The lowest BCUT2D eigenvalue weighted by Gasteiger charge is -2.16. The van der Waals surface area contributed by atoms with Gasteiger partial charge in [0.25, 0.3) is 11.8 Å². The van der Waals surface area contributed by atoms with Crippen LogP contribution < -0.4 is 0 Å². The minimum absolute atomic E-state index is 0.0370. The quantitative estimate of drug-likeness (QED) is 0.0215. The third-order valence-corrected chi connectivity index (χ3v) is 43.3. The third kappa shape index (κ3) is 31.1. The molecule has 0 spiro atoms. The Morgan fingerprint density at radius 3 is 0.838 bits per heavy atom. The van der Waals surface area contributed by atoms with Gasteiger partial charge in [0.05, 0.1) is 9.81 Å². The van der Waals surface area contributed by atoms with E-state index in [9.17, 15) is 9.59 Å². The summed E-state index contributed by atoms with van der Waals surface area (Å²) in [5.41, 5.74) is 8.74. The smallest absolute Gasteiger partial charge is 0.266 e. The molecular formula is C118H160N2O2S14. The molecule has 0 saturated carbocycles. The van der Waals surface area contributed by atoms with E-state index in [-0.39, 0.29) is 11.8 Å². The highest BCUT2D eigenvalue weighted by Gasteiger charge is 2.34. The third-order valence-electron chi connectivity index (χ3n) is 28.1. The Kier molecular flexibility index (Phi) is 47.3. The van der Waals surface area contributed by atoms with E-state index in [0.717, 1.165) is 45.2 Å². The van der Waals surface area contributed by atoms with Gasteiger partial charge in [-0.3, -0.25) is 19.4 Å². The van der Waals surface area contributed by atoms with E-state index in [2.05, 4.69) is 220 Å². The molecule has 136 heavy (non-hydrogen) atoms. The van der Waals surface area contributed by atoms with Gasteiger partial charge in [-0.25, -0.2) is 0 Å². The van der Waals surface area contributed by atoms with Crippen LogP contribution in [0.15, 0.2) is 94.7 Å². The summed E-state index contributed by atoms with van der Waals surface area (Å²) < 4.78 is 4.22. The number of thiophene rings is 10. The normalized spacial score (nSPS) is 14.4. The van der Waals surface area contributed by atoms with Crippen molar-refractivity contribution in [1.82, 2.24) is 9.80 Å². The van der Waals surface area contributed by atoms with Crippen molar-refractivity contribution in [3.63, 3.8) is 0 Å². The highest BCUT2D eigenvalue weighted by atomic mass is 32.2. The van der Waals surface area contributed by atoms with Gasteiger partial charge in [0.15, 0.2) is 0 Å². The Morgan fingerprint density at radius 2 is 0.537 bits per heavy atom. The first-order valence-electron chi connectivity index (χ1n) is 54.1. The Labute approximate surface area is 881 Å². The predicted molar refractivity (Wildman–Crippen MR) is 631 cm³/mol. The van der Waals surface area contributed by atoms with Gasteiger partial charge in [0.2, 0.25) is 0 Å². The number of fused-ring (bicyclic) bond motifs is 2. The lowest BCUT2D eigenvalue weighted by atomic mass is 9.91. The molecule has 1 aromatic carbocycles. The maximum Gasteiger partial charge on any atom is 0.266 e. The average molecular weight is 2090 g/mol. The summed E-state index contributed by atoms with van der Waals surface area (Å²) in [6.07, 6.45) is 73.3. The number of unbranched alkanes of at least 4 members (excludes halogenated alkanes) is 36. The second-order valence-corrected chi connectivity index (χ2v) is 53.4. The van der Waals surface area contributed by atoms with Gasteiger partial charge in [0, 0.05) is 132 Å². The van der Waals surface area contributed by atoms with Crippen molar-refractivity contribution in [2.24, 2.45) is 11.8 Å². The van der Waals surface area contributed by atoms with Crippen LogP contribution >= 0.6 is 161 Å². The Balaban J connectivity index is 0.975. The van der Waals surface area contributed by atoms with Gasteiger partial charge in [0.1, 0.15) is 8.64 Å². The predicted octanol–water partition coefficient (Wildman–Crippen LogP) is 43.8. The zero-order valence-corrected chi connectivity index (χ0v) is 95.8. The fourth-order valence-corrected chi connectivity index (χ4v) is 35.6. The molecule has 738 valence electrons. The number of benzene rings is 1. The summed E-state index contributed by atoms with van der Waals surface area (Å²) in [5, 5.41) is 2.86. The van der Waals surface area contributed by atoms with Crippen molar-refractivity contribution >= 4 is 214 Å². The first kappa shape index (κ1) is 109. The molecule has 4 nitrogen and oxygen atoms in total. The molecule has 0 N–H and O–H groups in total. The van der Waals surface area contributed by atoms with Crippen molar-refractivity contribution in [3.05, 3.63) is 137 Å². The Bertz CT molecular complexity index is 5170. The van der Waals surface area contributed by atoms with E-state index in [4.69, 9.17) is 24.4 Å². The molecule has 11 aromatic rings. The minimum atomic E-state index is 0.0370. The zero-order chi connectivity index (χ0) is 95.3. The molecule has 13 rings (SSSR count). The van der Waals surface area contributed by atoms with Crippen LogP contribution in [0.2, 0.25) is 0 Å². The number of amides is 2. The highest BCUT2D eigenvalue weighted by Crippen LogP contribution is 2.58. The number of hydrogen-bond donors (Lipinski definition) is 0. The fourth-order valence-electron chi connectivity index (χ4n) is 20.2. The topological polar surface area (TPSA) is 40.6 Å². The molecule has 0 radical (unpaired) electrons. The van der Waals surface area contributed by atoms with Gasteiger partial charge >= 0.3 is 0 Å². The van der Waals surface area contributed by atoms with Crippen LogP contribution in [0, 0.1) is 11.8 Å². The Morgan fingerprint density at radius 1 is 0.272 bits per heavy atom. The summed E-state index contributed by atoms with van der Waals surface area (Å²) in [5.74, 6) is 1.47. The highest BCUT2D eigenvalue weighted by molar-refractivity contribution is 8.27. The van der Waals surface area contributed by atoms with Crippen LogP contribution in [0.1, 0.15) is 419 Å². The maximum atomic E-state index is 13.8. The summed E-state index contributed by atoms with van der Waals surface area (Å²) in [7, 11) is 0. The number of hydrogen-bond acceptors (Lipinski definition) is 16. The van der Waals surface area contributed by atoms with E-state index in [0.29, 0.717) is 33.6 Å². The zero-order valence-electron chi connectivity index (χ0n) is 84.4. The molecule has 2 fully saturated rings. The second-order valence-electron chi connectivity index (χ2n) is 39.1. The number of thioether (sulfide) groups is 2. The number of aryl methyl sites for hydroxylation is 4. The molecule has 0 bridgehead atoms.